The number of nitrogens with zero attached hydrogens (tertiary/aromatic N) is 1. The predicted octanol–water partition coefficient (Wildman–Crippen LogP) is 2.01. The summed E-state index contributed by atoms with van der Waals surface area (Å²) in [6, 6.07) is 12.9. The van der Waals surface area contributed by atoms with Crippen molar-refractivity contribution in [3.05, 3.63) is 54.1 Å². The van der Waals surface area contributed by atoms with Gasteiger partial charge in [0.1, 0.15) is 6.04 Å². The number of ether oxygens (including phenoxy) is 1. The van der Waals surface area contributed by atoms with Crippen LogP contribution < -0.4 is 10.6 Å². The lowest BCUT2D eigenvalue weighted by molar-refractivity contribution is -0.147. The second-order valence-corrected chi connectivity index (χ2v) is 7.09. The van der Waals surface area contributed by atoms with Crippen LogP contribution in [0, 0.1) is 0 Å². The summed E-state index contributed by atoms with van der Waals surface area (Å²) in [5.41, 5.74) is 0.909. The Morgan fingerprint density at radius 1 is 1.27 bits per heavy atom. The summed E-state index contributed by atoms with van der Waals surface area (Å²) in [5.74, 6) is -1.22. The third-order valence-electron chi connectivity index (χ3n) is 4.72. The molecule has 1 aliphatic heterocycles. The highest BCUT2D eigenvalue weighted by atomic mass is 32.1. The topological polar surface area (TPSA) is 87.7 Å². The number of carbonyl (C=O) groups is 3. The maximum absolute atomic E-state index is 12.4. The molecule has 0 aromatic heterocycles. The van der Waals surface area contributed by atoms with E-state index in [1.807, 2.05) is 42.5 Å². The number of amides is 2. The maximum atomic E-state index is 12.4. The van der Waals surface area contributed by atoms with Crippen molar-refractivity contribution in [3.8, 4) is 0 Å². The molecule has 0 spiro atoms. The summed E-state index contributed by atoms with van der Waals surface area (Å²) in [4.78, 5) is 38.0. The number of esters is 1. The summed E-state index contributed by atoms with van der Waals surface area (Å²) in [5, 5.41) is 7.55. The molecular formula is C22H23N3O4S. The summed E-state index contributed by atoms with van der Waals surface area (Å²) < 4.78 is 4.94. The van der Waals surface area contributed by atoms with Gasteiger partial charge in [0.15, 0.2) is 5.11 Å². The Morgan fingerprint density at radius 3 is 2.83 bits per heavy atom. The molecule has 1 unspecified atom stereocenters. The highest BCUT2D eigenvalue weighted by Crippen LogP contribution is 2.19. The van der Waals surface area contributed by atoms with Crippen LogP contribution in [0.1, 0.15) is 18.9 Å². The standard InChI is InChI=1S/C22H23N3O4S/c1-2-29-20(27)14-18-21(28)23-12-13-25(18)22(30)24-19(26)11-10-16-8-5-7-15-6-3-4-9-17(15)16/h3-11,18H,2,12-14H2,1H3,(H,23,28)(H,24,26,30). The van der Waals surface area contributed by atoms with Gasteiger partial charge in [0, 0.05) is 19.2 Å². The first-order valence-electron chi connectivity index (χ1n) is 9.70. The number of carbonyl (C=O) groups excluding carboxylic acids is 3. The zero-order valence-electron chi connectivity index (χ0n) is 16.6. The van der Waals surface area contributed by atoms with Gasteiger partial charge in [-0.2, -0.15) is 0 Å². The van der Waals surface area contributed by atoms with Crippen molar-refractivity contribution in [2.75, 3.05) is 19.7 Å². The zero-order valence-corrected chi connectivity index (χ0v) is 17.4. The fraction of sp³-hybridized carbons (Fsp3) is 0.273. The van der Waals surface area contributed by atoms with Crippen molar-refractivity contribution in [1.29, 1.82) is 0 Å². The number of nitrogens with one attached hydrogen (secondary N) is 2. The van der Waals surface area contributed by atoms with Crippen molar-refractivity contribution >= 4 is 52.0 Å². The molecule has 8 heteroatoms. The molecule has 3 rings (SSSR count). The number of piperazine rings is 1. The number of benzene rings is 2. The average molecular weight is 426 g/mol. The minimum Gasteiger partial charge on any atom is -0.466 e. The Hall–Kier alpha value is -3.26. The van der Waals surface area contributed by atoms with Crippen LogP contribution >= 0.6 is 12.2 Å². The number of rotatable bonds is 5. The molecule has 1 fully saturated rings. The van der Waals surface area contributed by atoms with Gasteiger partial charge < -0.3 is 15.0 Å². The highest BCUT2D eigenvalue weighted by molar-refractivity contribution is 7.80. The molecule has 0 saturated carbocycles. The van der Waals surface area contributed by atoms with Crippen LogP contribution in [0.3, 0.4) is 0 Å². The van der Waals surface area contributed by atoms with Crippen molar-refractivity contribution in [1.82, 2.24) is 15.5 Å². The summed E-state index contributed by atoms with van der Waals surface area (Å²) >= 11 is 5.33. The van der Waals surface area contributed by atoms with Crippen LogP contribution in [0.2, 0.25) is 0 Å². The second-order valence-electron chi connectivity index (χ2n) is 6.71. The van der Waals surface area contributed by atoms with E-state index in [1.54, 1.807) is 17.9 Å². The summed E-state index contributed by atoms with van der Waals surface area (Å²) in [6.07, 6.45) is 2.99. The predicted molar refractivity (Wildman–Crippen MR) is 118 cm³/mol. The fourth-order valence-electron chi connectivity index (χ4n) is 3.32. The van der Waals surface area contributed by atoms with Gasteiger partial charge >= 0.3 is 5.97 Å². The van der Waals surface area contributed by atoms with E-state index in [1.165, 1.54) is 6.08 Å². The third kappa shape index (κ3) is 5.21. The number of thiocarbonyl (C=S) groups is 1. The lowest BCUT2D eigenvalue weighted by atomic mass is 10.0. The van der Waals surface area contributed by atoms with Crippen LogP contribution in [-0.4, -0.2) is 53.5 Å². The van der Waals surface area contributed by atoms with E-state index in [2.05, 4.69) is 10.6 Å². The molecule has 1 aliphatic rings. The van der Waals surface area contributed by atoms with E-state index >= 15 is 0 Å². The first kappa shape index (κ1) is 21.4. The van der Waals surface area contributed by atoms with E-state index < -0.39 is 17.9 Å². The van der Waals surface area contributed by atoms with Gasteiger partial charge in [-0.1, -0.05) is 42.5 Å². The minimum absolute atomic E-state index is 0.103. The molecule has 1 atom stereocenters. The molecule has 0 radical (unpaired) electrons. The second kappa shape index (κ2) is 9.98. The minimum atomic E-state index is -0.812. The van der Waals surface area contributed by atoms with E-state index in [-0.39, 0.29) is 24.0 Å². The van der Waals surface area contributed by atoms with Gasteiger partial charge in [-0.3, -0.25) is 19.7 Å². The average Bonchev–Trinajstić information content (AvgIpc) is 2.73. The van der Waals surface area contributed by atoms with Gasteiger partial charge in [-0.15, -0.1) is 0 Å². The molecular weight excluding hydrogens is 402 g/mol. The first-order chi connectivity index (χ1) is 14.5. The van der Waals surface area contributed by atoms with Crippen molar-refractivity contribution in [2.24, 2.45) is 0 Å². The summed E-state index contributed by atoms with van der Waals surface area (Å²) in [6.45, 7) is 2.69. The molecule has 0 bridgehead atoms. The number of fused-ring (bicyclic) bond motifs is 1. The van der Waals surface area contributed by atoms with Crippen molar-refractivity contribution in [2.45, 2.75) is 19.4 Å². The van der Waals surface area contributed by atoms with E-state index in [9.17, 15) is 14.4 Å². The number of hydrogen-bond acceptors (Lipinski definition) is 5. The maximum Gasteiger partial charge on any atom is 0.308 e. The lowest BCUT2D eigenvalue weighted by Crippen LogP contribution is -2.60. The largest absolute Gasteiger partial charge is 0.466 e. The zero-order chi connectivity index (χ0) is 21.5. The Bertz CT molecular complexity index is 1000. The van der Waals surface area contributed by atoms with E-state index in [0.29, 0.717) is 13.1 Å². The molecule has 2 N–H and O–H groups in total. The van der Waals surface area contributed by atoms with E-state index in [4.69, 9.17) is 17.0 Å². The first-order valence-corrected chi connectivity index (χ1v) is 10.1. The van der Waals surface area contributed by atoms with Gasteiger partial charge in [0.2, 0.25) is 11.8 Å². The molecule has 2 aromatic carbocycles. The Morgan fingerprint density at radius 2 is 2.03 bits per heavy atom. The van der Waals surface area contributed by atoms with Gasteiger partial charge in [-0.05, 0) is 41.6 Å². The molecule has 156 valence electrons. The van der Waals surface area contributed by atoms with Crippen LogP contribution in [0.4, 0.5) is 0 Å². The van der Waals surface area contributed by atoms with Crippen LogP contribution in [0.25, 0.3) is 16.8 Å². The van der Waals surface area contributed by atoms with Crippen LogP contribution in [0.15, 0.2) is 48.5 Å². The normalized spacial score (nSPS) is 16.4. The molecule has 7 nitrogen and oxygen atoms in total. The summed E-state index contributed by atoms with van der Waals surface area (Å²) in [7, 11) is 0. The lowest BCUT2D eigenvalue weighted by Gasteiger charge is -2.36. The smallest absolute Gasteiger partial charge is 0.308 e. The fourth-order valence-corrected chi connectivity index (χ4v) is 3.64. The van der Waals surface area contributed by atoms with Gasteiger partial charge in [-0.25, -0.2) is 0 Å². The van der Waals surface area contributed by atoms with Crippen LogP contribution in [-0.2, 0) is 19.1 Å². The van der Waals surface area contributed by atoms with Crippen molar-refractivity contribution < 1.29 is 19.1 Å². The molecule has 1 saturated heterocycles. The Labute approximate surface area is 180 Å². The SMILES string of the molecule is CCOC(=O)CC1C(=O)NCCN1C(=S)NC(=O)C=Cc1cccc2ccccc12. The monoisotopic (exact) mass is 425 g/mol. The number of hydrogen-bond donors (Lipinski definition) is 2. The third-order valence-corrected chi connectivity index (χ3v) is 5.06. The van der Waals surface area contributed by atoms with Gasteiger partial charge in [0.25, 0.3) is 0 Å². The molecule has 30 heavy (non-hydrogen) atoms. The molecule has 1 heterocycles. The van der Waals surface area contributed by atoms with Crippen LogP contribution in [0.5, 0.6) is 0 Å². The highest BCUT2D eigenvalue weighted by Gasteiger charge is 2.33. The van der Waals surface area contributed by atoms with Crippen molar-refractivity contribution in [3.63, 3.8) is 0 Å². The molecule has 0 aliphatic carbocycles. The quantitative estimate of drug-likeness (QED) is 0.433. The molecule has 2 aromatic rings. The Kier molecular flexibility index (Phi) is 7.13. The Balaban J connectivity index is 1.67. The molecule has 2 amide bonds. The van der Waals surface area contributed by atoms with E-state index in [0.717, 1.165) is 16.3 Å². The van der Waals surface area contributed by atoms with Gasteiger partial charge in [0.05, 0.1) is 13.0 Å².